The average Bonchev–Trinajstić information content (AvgIpc) is 3.55. The van der Waals surface area contributed by atoms with Crippen LogP contribution in [-0.2, 0) is 9.59 Å². The predicted octanol–water partition coefficient (Wildman–Crippen LogP) is 3.63. The van der Waals surface area contributed by atoms with Gasteiger partial charge < -0.3 is 19.6 Å². The van der Waals surface area contributed by atoms with Gasteiger partial charge in [-0.05, 0) is 70.3 Å². The summed E-state index contributed by atoms with van der Waals surface area (Å²) in [7, 11) is 0. The Labute approximate surface area is 178 Å². The largest absolute Gasteiger partial charge is 0.503 e. The topological polar surface area (TPSA) is 70.1 Å². The minimum Gasteiger partial charge on any atom is -0.503 e. The summed E-state index contributed by atoms with van der Waals surface area (Å²) in [5, 5.41) is 10.6. The fourth-order valence-electron chi connectivity index (χ4n) is 4.48. The summed E-state index contributed by atoms with van der Waals surface area (Å²) >= 11 is 0. The summed E-state index contributed by atoms with van der Waals surface area (Å²) in [6, 6.07) is 7.03. The van der Waals surface area contributed by atoms with Crippen LogP contribution >= 0.6 is 0 Å². The molecule has 30 heavy (non-hydrogen) atoms. The second-order valence-corrected chi connectivity index (χ2v) is 8.94. The summed E-state index contributed by atoms with van der Waals surface area (Å²) in [5.41, 5.74) is 1.12. The number of hydrogen-bond donors (Lipinski definition) is 1. The van der Waals surface area contributed by atoms with Crippen LogP contribution in [-0.4, -0.2) is 58.9 Å². The van der Waals surface area contributed by atoms with Crippen molar-refractivity contribution in [3.8, 4) is 5.75 Å². The van der Waals surface area contributed by atoms with Gasteiger partial charge in [0, 0.05) is 19.0 Å². The van der Waals surface area contributed by atoms with Gasteiger partial charge in [-0.2, -0.15) is 0 Å². The fraction of sp³-hybridized carbons (Fsp3) is 0.583. The number of Topliss-reactive ketones (excluding diaryl/α,β-unsaturated/α-hetero) is 1. The van der Waals surface area contributed by atoms with Crippen molar-refractivity contribution >= 4 is 11.7 Å². The third-order valence-electron chi connectivity index (χ3n) is 6.19. The van der Waals surface area contributed by atoms with E-state index in [0.29, 0.717) is 6.54 Å². The highest BCUT2D eigenvalue weighted by molar-refractivity contribution is 6.10. The van der Waals surface area contributed by atoms with Crippen molar-refractivity contribution in [2.24, 2.45) is 5.92 Å². The van der Waals surface area contributed by atoms with Crippen molar-refractivity contribution in [3.63, 3.8) is 0 Å². The molecule has 6 heteroatoms. The Morgan fingerprint density at radius 3 is 2.37 bits per heavy atom. The highest BCUT2D eigenvalue weighted by Crippen LogP contribution is 2.43. The second kappa shape index (κ2) is 8.80. The first-order valence-corrected chi connectivity index (χ1v) is 11.2. The molecule has 3 aliphatic rings. The summed E-state index contributed by atoms with van der Waals surface area (Å²) < 4.78 is 5.73. The second-order valence-electron chi connectivity index (χ2n) is 8.94. The third-order valence-corrected chi connectivity index (χ3v) is 6.19. The molecule has 4 rings (SSSR count). The number of ether oxygens (including phenoxy) is 1. The number of aliphatic hydroxyl groups excluding tert-OH is 1. The number of piperidine rings is 1. The SMILES string of the molecule is CC(C)Oc1ccc(C2C(C(=O)C3CC3)=C(O)C(=O)N2CCN2CCCCC2)cc1. The molecular weight excluding hydrogens is 380 g/mol. The third kappa shape index (κ3) is 4.38. The molecule has 2 heterocycles. The lowest BCUT2D eigenvalue weighted by molar-refractivity contribution is -0.129. The van der Waals surface area contributed by atoms with Crippen LogP contribution in [0.2, 0.25) is 0 Å². The van der Waals surface area contributed by atoms with Crippen molar-refractivity contribution < 1.29 is 19.4 Å². The van der Waals surface area contributed by atoms with Crippen molar-refractivity contribution in [1.29, 1.82) is 0 Å². The van der Waals surface area contributed by atoms with E-state index < -0.39 is 11.9 Å². The van der Waals surface area contributed by atoms with Crippen LogP contribution in [0.4, 0.5) is 0 Å². The molecule has 1 N–H and O–H groups in total. The molecule has 0 aromatic heterocycles. The lowest BCUT2D eigenvalue weighted by Gasteiger charge is -2.31. The quantitative estimate of drug-likeness (QED) is 0.706. The Bertz CT molecular complexity index is 820. The molecule has 2 fully saturated rings. The van der Waals surface area contributed by atoms with Gasteiger partial charge in [0.25, 0.3) is 5.91 Å². The normalized spacial score (nSPS) is 22.8. The van der Waals surface area contributed by atoms with Crippen LogP contribution in [0, 0.1) is 5.92 Å². The predicted molar refractivity (Wildman–Crippen MR) is 114 cm³/mol. The maximum Gasteiger partial charge on any atom is 0.290 e. The Morgan fingerprint density at radius 2 is 1.77 bits per heavy atom. The number of amides is 1. The van der Waals surface area contributed by atoms with E-state index in [0.717, 1.165) is 43.8 Å². The molecular formula is C24H32N2O4. The van der Waals surface area contributed by atoms with Gasteiger partial charge in [0.1, 0.15) is 5.75 Å². The highest BCUT2D eigenvalue weighted by atomic mass is 16.5. The van der Waals surface area contributed by atoms with Crippen molar-refractivity contribution in [2.45, 2.75) is 58.1 Å². The average molecular weight is 413 g/mol. The zero-order chi connectivity index (χ0) is 21.3. The van der Waals surface area contributed by atoms with Crippen LogP contribution in [0.25, 0.3) is 0 Å². The molecule has 162 valence electrons. The summed E-state index contributed by atoms with van der Waals surface area (Å²) in [6.45, 7) is 7.29. The Kier molecular flexibility index (Phi) is 6.14. The molecule has 1 atom stereocenters. The van der Waals surface area contributed by atoms with Gasteiger partial charge in [0.05, 0.1) is 17.7 Å². The van der Waals surface area contributed by atoms with Gasteiger partial charge in [0.2, 0.25) is 0 Å². The van der Waals surface area contributed by atoms with Gasteiger partial charge in [-0.15, -0.1) is 0 Å². The monoisotopic (exact) mass is 412 g/mol. The molecule has 1 amide bonds. The number of carbonyl (C=O) groups is 2. The van der Waals surface area contributed by atoms with Gasteiger partial charge in [-0.25, -0.2) is 0 Å². The van der Waals surface area contributed by atoms with E-state index in [1.165, 1.54) is 19.3 Å². The number of carbonyl (C=O) groups excluding carboxylic acids is 2. The molecule has 0 radical (unpaired) electrons. The van der Waals surface area contributed by atoms with Gasteiger partial charge >= 0.3 is 0 Å². The number of hydrogen-bond acceptors (Lipinski definition) is 5. The maximum absolute atomic E-state index is 13.0. The molecule has 1 saturated carbocycles. The smallest absolute Gasteiger partial charge is 0.290 e. The molecule has 0 spiro atoms. The molecule has 1 aromatic carbocycles. The number of ketones is 1. The van der Waals surface area contributed by atoms with Gasteiger partial charge in [-0.1, -0.05) is 18.6 Å². The fourth-order valence-corrected chi connectivity index (χ4v) is 4.48. The van der Waals surface area contributed by atoms with Gasteiger partial charge in [0.15, 0.2) is 11.5 Å². The zero-order valence-electron chi connectivity index (χ0n) is 18.0. The van der Waals surface area contributed by atoms with Crippen LogP contribution in [0.5, 0.6) is 5.75 Å². The van der Waals surface area contributed by atoms with E-state index in [4.69, 9.17) is 4.74 Å². The Balaban J connectivity index is 1.59. The minimum atomic E-state index is -0.525. The summed E-state index contributed by atoms with van der Waals surface area (Å²) in [5.74, 6) is -0.167. The standard InChI is InChI=1S/C24H32N2O4/c1-16(2)30-19-10-8-17(9-11-19)21-20(22(27)18-6-7-18)23(28)24(29)26(21)15-14-25-12-4-3-5-13-25/h8-11,16,18,21,28H,3-7,12-15H2,1-2H3. The number of likely N-dealkylation sites (tertiary alicyclic amines) is 1. The van der Waals surface area contributed by atoms with Crippen LogP contribution < -0.4 is 4.74 Å². The van der Waals surface area contributed by atoms with Crippen LogP contribution in [0.3, 0.4) is 0 Å². The zero-order valence-corrected chi connectivity index (χ0v) is 18.0. The molecule has 1 aliphatic carbocycles. The first-order chi connectivity index (χ1) is 14.5. The van der Waals surface area contributed by atoms with E-state index in [9.17, 15) is 14.7 Å². The molecule has 0 bridgehead atoms. The Hall–Kier alpha value is -2.34. The first kappa shape index (κ1) is 20.9. The molecule has 1 saturated heterocycles. The number of aliphatic hydroxyl groups is 1. The number of rotatable bonds is 8. The minimum absolute atomic E-state index is 0.0527. The van der Waals surface area contributed by atoms with Crippen LogP contribution in [0.1, 0.15) is 57.6 Å². The summed E-state index contributed by atoms with van der Waals surface area (Å²) in [4.78, 5) is 30.0. The number of nitrogens with zero attached hydrogens (tertiary/aromatic N) is 2. The Morgan fingerprint density at radius 1 is 1.10 bits per heavy atom. The van der Waals surface area contributed by atoms with E-state index in [2.05, 4.69) is 4.90 Å². The van der Waals surface area contributed by atoms with E-state index in [1.807, 2.05) is 38.1 Å². The van der Waals surface area contributed by atoms with E-state index in [1.54, 1.807) is 4.90 Å². The van der Waals surface area contributed by atoms with Gasteiger partial charge in [-0.3, -0.25) is 9.59 Å². The van der Waals surface area contributed by atoms with Crippen molar-refractivity contribution in [2.75, 3.05) is 26.2 Å². The van der Waals surface area contributed by atoms with E-state index in [-0.39, 0.29) is 29.1 Å². The highest BCUT2D eigenvalue weighted by Gasteiger charge is 2.46. The molecule has 1 aromatic rings. The molecule has 2 aliphatic heterocycles. The maximum atomic E-state index is 13.0. The van der Waals surface area contributed by atoms with E-state index >= 15 is 0 Å². The lowest BCUT2D eigenvalue weighted by atomic mass is 9.94. The van der Waals surface area contributed by atoms with Crippen molar-refractivity contribution in [1.82, 2.24) is 9.80 Å². The molecule has 1 unspecified atom stereocenters. The van der Waals surface area contributed by atoms with Crippen LogP contribution in [0.15, 0.2) is 35.6 Å². The van der Waals surface area contributed by atoms with Crippen molar-refractivity contribution in [3.05, 3.63) is 41.2 Å². The first-order valence-electron chi connectivity index (χ1n) is 11.2. The number of benzene rings is 1. The lowest BCUT2D eigenvalue weighted by Crippen LogP contribution is -2.40. The molecule has 6 nitrogen and oxygen atoms in total. The summed E-state index contributed by atoms with van der Waals surface area (Å²) in [6.07, 6.45) is 5.37.